The predicted octanol–water partition coefficient (Wildman–Crippen LogP) is 5.19. The van der Waals surface area contributed by atoms with E-state index in [1.54, 1.807) is 11.0 Å². The molecule has 1 aromatic carbocycles. The molecule has 2 heterocycles. The Balaban J connectivity index is 1.10. The number of aromatic nitrogens is 2. The van der Waals surface area contributed by atoms with Gasteiger partial charge in [0.1, 0.15) is 18.4 Å². The third-order valence-electron chi connectivity index (χ3n) is 9.93. The number of methoxy groups -OCH3 is 1. The molecular weight excluding hydrogens is 586 g/mol. The van der Waals surface area contributed by atoms with Crippen LogP contribution in [0.1, 0.15) is 77.8 Å². The second-order valence-electron chi connectivity index (χ2n) is 13.2. The van der Waals surface area contributed by atoms with Crippen molar-refractivity contribution in [2.24, 2.45) is 29.6 Å². The average molecular weight is 631 g/mol. The molecule has 0 radical (unpaired) electrons. The Morgan fingerprint density at radius 1 is 1.20 bits per heavy atom. The number of hydrogen-bond acceptors (Lipinski definition) is 7. The van der Waals surface area contributed by atoms with Crippen molar-refractivity contribution >= 4 is 28.8 Å². The fourth-order valence-electron chi connectivity index (χ4n) is 7.36. The highest BCUT2D eigenvalue weighted by Gasteiger charge is 2.54. The van der Waals surface area contributed by atoms with E-state index >= 15 is 8.78 Å². The van der Waals surface area contributed by atoms with Gasteiger partial charge >= 0.3 is 6.09 Å². The Bertz CT molecular complexity index is 1480. The Kier molecular flexibility index (Phi) is 9.79. The maximum absolute atomic E-state index is 15.1. The molecule has 1 aromatic heterocycles. The molecule has 2 amide bonds. The van der Waals surface area contributed by atoms with Crippen molar-refractivity contribution in [2.75, 3.05) is 20.2 Å². The van der Waals surface area contributed by atoms with Crippen LogP contribution >= 0.6 is 0 Å². The highest BCUT2D eigenvalue weighted by Crippen LogP contribution is 2.57. The third-order valence-corrected chi connectivity index (χ3v) is 9.93. The molecule has 12 heteroatoms. The van der Waals surface area contributed by atoms with E-state index in [1.807, 2.05) is 20.8 Å². The second kappa shape index (κ2) is 13.4. The summed E-state index contributed by atoms with van der Waals surface area (Å²) in [4.78, 5) is 59.0. The van der Waals surface area contributed by atoms with Crippen LogP contribution in [0.15, 0.2) is 23.0 Å². The van der Waals surface area contributed by atoms with Crippen LogP contribution in [0.25, 0.3) is 11.0 Å². The molecule has 5 rings (SSSR count). The van der Waals surface area contributed by atoms with E-state index < -0.39 is 35.7 Å². The number of aromatic amines is 1. The SMILES string of the molecule is CCC1CCN(C(=O)CNC(=O)OC2CC3CC3[C@H]2CCCCC(F)(F)c2nc3ccc(OC)cc3[nH]c2=O)[C@@H]1C(=O)C(C)C. The van der Waals surface area contributed by atoms with Gasteiger partial charge < -0.3 is 24.7 Å². The van der Waals surface area contributed by atoms with Crippen molar-refractivity contribution in [2.45, 2.75) is 90.2 Å². The van der Waals surface area contributed by atoms with E-state index in [4.69, 9.17) is 9.47 Å². The lowest BCUT2D eigenvalue weighted by Crippen LogP contribution is -2.48. The summed E-state index contributed by atoms with van der Waals surface area (Å²) >= 11 is 0. The molecular formula is C33H44F2N4O6. The number of alkyl carbamates (subject to hydrolysis) is 1. The summed E-state index contributed by atoms with van der Waals surface area (Å²) in [5.74, 6) is -2.29. The predicted molar refractivity (Wildman–Crippen MR) is 163 cm³/mol. The lowest BCUT2D eigenvalue weighted by Gasteiger charge is -2.28. The molecule has 2 aliphatic carbocycles. The number of nitrogens with zero attached hydrogens (tertiary/aromatic N) is 2. The number of nitrogens with one attached hydrogen (secondary N) is 2. The van der Waals surface area contributed by atoms with Gasteiger partial charge in [0, 0.05) is 24.9 Å². The number of hydrogen-bond donors (Lipinski definition) is 2. The van der Waals surface area contributed by atoms with Gasteiger partial charge in [-0.25, -0.2) is 9.78 Å². The molecule has 0 bridgehead atoms. The van der Waals surface area contributed by atoms with Gasteiger partial charge in [0.25, 0.3) is 11.5 Å². The smallest absolute Gasteiger partial charge is 0.407 e. The highest BCUT2D eigenvalue weighted by atomic mass is 19.3. The quantitative estimate of drug-likeness (QED) is 0.292. The number of ketones is 1. The van der Waals surface area contributed by atoms with Gasteiger partial charge in [-0.05, 0) is 67.9 Å². The minimum Gasteiger partial charge on any atom is -0.497 e. The van der Waals surface area contributed by atoms with Crippen LogP contribution < -0.4 is 15.6 Å². The molecule has 2 aromatic rings. The summed E-state index contributed by atoms with van der Waals surface area (Å²) in [5, 5.41) is 2.58. The van der Waals surface area contributed by atoms with Gasteiger partial charge in [0.2, 0.25) is 5.91 Å². The second-order valence-corrected chi connectivity index (χ2v) is 13.2. The van der Waals surface area contributed by atoms with Crippen LogP contribution in [0.2, 0.25) is 0 Å². The minimum atomic E-state index is -3.40. The van der Waals surface area contributed by atoms with Crippen LogP contribution in [-0.2, 0) is 20.2 Å². The fourth-order valence-corrected chi connectivity index (χ4v) is 7.36. The summed E-state index contributed by atoms with van der Waals surface area (Å²) in [6.45, 7) is 5.93. The van der Waals surface area contributed by atoms with E-state index in [0.29, 0.717) is 42.5 Å². The molecule has 4 unspecified atom stereocenters. The first-order chi connectivity index (χ1) is 21.4. The first-order valence-corrected chi connectivity index (χ1v) is 16.2. The van der Waals surface area contributed by atoms with Crippen LogP contribution in [0, 0.1) is 29.6 Å². The number of H-pyrrole nitrogens is 1. The van der Waals surface area contributed by atoms with Gasteiger partial charge in [0.15, 0.2) is 11.5 Å². The number of carbonyl (C=O) groups is 3. The molecule has 45 heavy (non-hydrogen) atoms. The number of carbonyl (C=O) groups excluding carboxylic acids is 3. The molecule has 0 spiro atoms. The lowest BCUT2D eigenvalue weighted by molar-refractivity contribution is -0.139. The van der Waals surface area contributed by atoms with Crippen molar-refractivity contribution in [1.82, 2.24) is 20.2 Å². The first-order valence-electron chi connectivity index (χ1n) is 16.2. The number of ether oxygens (including phenoxy) is 2. The van der Waals surface area contributed by atoms with Crippen LogP contribution in [0.4, 0.5) is 13.6 Å². The van der Waals surface area contributed by atoms with Gasteiger partial charge in [0.05, 0.1) is 24.2 Å². The molecule has 1 saturated heterocycles. The zero-order chi connectivity index (χ0) is 32.5. The minimum absolute atomic E-state index is 0.0439. The Labute approximate surface area is 261 Å². The summed E-state index contributed by atoms with van der Waals surface area (Å²) in [7, 11) is 1.47. The molecule has 6 atom stereocenters. The number of halogens is 2. The van der Waals surface area contributed by atoms with Crippen molar-refractivity contribution in [3.05, 3.63) is 34.2 Å². The van der Waals surface area contributed by atoms with Crippen molar-refractivity contribution in [1.29, 1.82) is 0 Å². The van der Waals surface area contributed by atoms with Crippen molar-refractivity contribution in [3.8, 4) is 5.75 Å². The maximum atomic E-state index is 15.1. The standard InChI is InChI=1S/C33H44F2N4O6/c1-5-19-11-13-39(28(19)29(41)18(2)3)27(40)17-36-32(43)45-26-15-20-14-23(20)22(26)8-6-7-12-33(34,35)30-31(42)38-25-16-21(44-4)9-10-24(25)37-30/h9-10,16,18-20,22-23,26,28H,5-8,11-15,17H2,1-4H3,(H,36,43)(H,38,42)/t19?,20?,22-,23?,26?,28+/m1/s1. The largest absolute Gasteiger partial charge is 0.497 e. The maximum Gasteiger partial charge on any atom is 0.407 e. The van der Waals surface area contributed by atoms with Crippen LogP contribution in [0.5, 0.6) is 5.75 Å². The van der Waals surface area contributed by atoms with E-state index in [9.17, 15) is 19.2 Å². The van der Waals surface area contributed by atoms with E-state index in [1.165, 1.54) is 19.2 Å². The normalized spacial score (nSPS) is 25.8. The molecule has 2 saturated carbocycles. The number of likely N-dealkylation sites (tertiary alicyclic amines) is 1. The van der Waals surface area contributed by atoms with E-state index in [0.717, 1.165) is 25.7 Å². The molecule has 2 N–H and O–H groups in total. The van der Waals surface area contributed by atoms with E-state index in [2.05, 4.69) is 15.3 Å². The molecule has 246 valence electrons. The van der Waals surface area contributed by atoms with Gasteiger partial charge in [-0.3, -0.25) is 14.4 Å². The molecule has 10 nitrogen and oxygen atoms in total. The molecule has 1 aliphatic heterocycles. The topological polar surface area (TPSA) is 131 Å². The van der Waals surface area contributed by atoms with Gasteiger partial charge in [-0.2, -0.15) is 8.78 Å². The molecule has 3 fully saturated rings. The van der Waals surface area contributed by atoms with Crippen molar-refractivity contribution in [3.63, 3.8) is 0 Å². The zero-order valence-electron chi connectivity index (χ0n) is 26.4. The zero-order valence-corrected chi connectivity index (χ0v) is 26.4. The fraction of sp³-hybridized carbons (Fsp3) is 0.667. The summed E-state index contributed by atoms with van der Waals surface area (Å²) in [6.07, 6.45) is 3.10. The van der Waals surface area contributed by atoms with Gasteiger partial charge in [-0.15, -0.1) is 0 Å². The average Bonchev–Trinajstić information content (AvgIpc) is 3.49. The Morgan fingerprint density at radius 2 is 1.98 bits per heavy atom. The van der Waals surface area contributed by atoms with Crippen molar-refractivity contribution < 1.29 is 32.6 Å². The Morgan fingerprint density at radius 3 is 2.69 bits per heavy atom. The lowest BCUT2D eigenvalue weighted by atomic mass is 9.89. The number of benzene rings is 1. The molecule has 3 aliphatic rings. The summed E-state index contributed by atoms with van der Waals surface area (Å²) < 4.78 is 41.1. The Hall–Kier alpha value is -3.57. The van der Waals surface area contributed by atoms with Crippen LogP contribution in [0.3, 0.4) is 0 Å². The number of unbranched alkanes of at least 4 members (excludes halogenated alkanes) is 1. The summed E-state index contributed by atoms with van der Waals surface area (Å²) in [5.41, 5.74) is -1.14. The number of rotatable bonds is 13. The number of amides is 2. The monoisotopic (exact) mass is 630 g/mol. The number of Topliss-reactive ketones (excluding diaryl/α,β-unsaturated/α-hetero) is 1. The van der Waals surface area contributed by atoms with Gasteiger partial charge in [-0.1, -0.05) is 33.6 Å². The van der Waals surface area contributed by atoms with Crippen LogP contribution in [-0.4, -0.2) is 65.0 Å². The van der Waals surface area contributed by atoms with E-state index in [-0.39, 0.29) is 54.0 Å². The number of alkyl halides is 2. The first kappa shape index (κ1) is 32.8. The summed E-state index contributed by atoms with van der Waals surface area (Å²) in [6, 6.07) is 4.20. The highest BCUT2D eigenvalue weighted by molar-refractivity contribution is 5.92. The number of fused-ring (bicyclic) bond motifs is 2. The third kappa shape index (κ3) is 7.14.